The van der Waals surface area contributed by atoms with Gasteiger partial charge in [-0.15, -0.1) is 0 Å². The van der Waals surface area contributed by atoms with Crippen LogP contribution in [0.5, 0.6) is 0 Å². The van der Waals surface area contributed by atoms with Crippen molar-refractivity contribution >= 4 is 11.8 Å². The van der Waals surface area contributed by atoms with Gasteiger partial charge in [0.15, 0.2) is 0 Å². The van der Waals surface area contributed by atoms with E-state index >= 15 is 0 Å². The maximum Gasteiger partial charge on any atom is 0.271 e. The predicted octanol–water partition coefficient (Wildman–Crippen LogP) is 2.03. The highest BCUT2D eigenvalue weighted by Crippen LogP contribution is 2.46. The van der Waals surface area contributed by atoms with Crippen LogP contribution in [0.2, 0.25) is 0 Å². The molecule has 3 heterocycles. The molecule has 2 amide bonds. The zero-order valence-electron chi connectivity index (χ0n) is 20.4. The fraction of sp³-hybridized carbons (Fsp3) is 0.593. The Balaban J connectivity index is 1.15. The first-order valence-electron chi connectivity index (χ1n) is 13.1. The number of imidazole rings is 1. The molecule has 8 heteroatoms. The van der Waals surface area contributed by atoms with E-state index in [2.05, 4.69) is 39.5 Å². The summed E-state index contributed by atoms with van der Waals surface area (Å²) < 4.78 is 2.03. The van der Waals surface area contributed by atoms with Crippen LogP contribution in [0.25, 0.3) is 0 Å². The van der Waals surface area contributed by atoms with Crippen LogP contribution in [-0.4, -0.2) is 57.1 Å². The number of hydrogen-bond acceptors (Lipinski definition) is 5. The SMILES string of the molecule is NC(=O)C1(C2CCc3nc(C(=O)NC[C@H](O)CN4CCc5ccccc5C4)cn3C2)CCCCC1. The summed E-state index contributed by atoms with van der Waals surface area (Å²) in [4.78, 5) is 32.0. The van der Waals surface area contributed by atoms with Crippen molar-refractivity contribution in [1.29, 1.82) is 0 Å². The van der Waals surface area contributed by atoms with Crippen molar-refractivity contribution in [3.63, 3.8) is 0 Å². The first kappa shape index (κ1) is 24.0. The summed E-state index contributed by atoms with van der Waals surface area (Å²) in [5.74, 6) is 0.632. The minimum absolute atomic E-state index is 0.171. The molecular weight excluding hydrogens is 442 g/mol. The second-order valence-electron chi connectivity index (χ2n) is 10.6. The first-order chi connectivity index (χ1) is 16.9. The van der Waals surface area contributed by atoms with Crippen molar-refractivity contribution in [1.82, 2.24) is 19.8 Å². The topological polar surface area (TPSA) is 113 Å². The molecule has 1 fully saturated rings. The van der Waals surface area contributed by atoms with E-state index in [0.29, 0.717) is 18.8 Å². The van der Waals surface area contributed by atoms with Gasteiger partial charge in [-0.3, -0.25) is 14.5 Å². The summed E-state index contributed by atoms with van der Waals surface area (Å²) >= 11 is 0. The van der Waals surface area contributed by atoms with E-state index in [9.17, 15) is 14.7 Å². The number of primary amides is 1. The number of aromatic nitrogens is 2. The Hall–Kier alpha value is -2.71. The predicted molar refractivity (Wildman–Crippen MR) is 133 cm³/mol. The Bertz CT molecular complexity index is 1070. The molecule has 1 aromatic carbocycles. The Labute approximate surface area is 206 Å². The Morgan fingerprint density at radius 2 is 1.94 bits per heavy atom. The molecule has 1 saturated carbocycles. The van der Waals surface area contributed by atoms with Gasteiger partial charge in [0.2, 0.25) is 5.91 Å². The summed E-state index contributed by atoms with van der Waals surface area (Å²) in [5.41, 5.74) is 8.54. The van der Waals surface area contributed by atoms with Gasteiger partial charge in [-0.25, -0.2) is 4.98 Å². The van der Waals surface area contributed by atoms with Crippen LogP contribution in [0.3, 0.4) is 0 Å². The quantitative estimate of drug-likeness (QED) is 0.562. The van der Waals surface area contributed by atoms with Gasteiger partial charge in [-0.1, -0.05) is 43.5 Å². The van der Waals surface area contributed by atoms with Crippen LogP contribution in [0.4, 0.5) is 0 Å². The minimum Gasteiger partial charge on any atom is -0.390 e. The molecule has 0 saturated heterocycles. The number of rotatable bonds is 7. The van der Waals surface area contributed by atoms with Crippen molar-refractivity contribution < 1.29 is 14.7 Å². The monoisotopic (exact) mass is 479 g/mol. The number of benzene rings is 1. The van der Waals surface area contributed by atoms with Crippen molar-refractivity contribution in [2.45, 2.75) is 70.6 Å². The molecule has 0 radical (unpaired) electrons. The first-order valence-corrected chi connectivity index (χ1v) is 13.1. The number of amides is 2. The average Bonchev–Trinajstić information content (AvgIpc) is 3.31. The summed E-state index contributed by atoms with van der Waals surface area (Å²) in [7, 11) is 0. The highest BCUT2D eigenvalue weighted by atomic mass is 16.3. The highest BCUT2D eigenvalue weighted by Gasteiger charge is 2.46. The molecule has 1 unspecified atom stereocenters. The summed E-state index contributed by atoms with van der Waals surface area (Å²) in [5, 5.41) is 13.4. The lowest BCUT2D eigenvalue weighted by atomic mass is 9.63. The molecule has 0 spiro atoms. The number of fused-ring (bicyclic) bond motifs is 2. The summed E-state index contributed by atoms with van der Waals surface area (Å²) in [6, 6.07) is 8.42. The Kier molecular flexibility index (Phi) is 6.93. The standard InChI is InChI=1S/C27H37N5O3/c28-26(35)27(11-4-1-5-12-27)21-8-9-24-30-23(18-32(24)16-21)25(34)29-14-22(33)17-31-13-10-19-6-2-3-7-20(19)15-31/h2-3,6-7,18,21-22,33H,1,4-5,8-17H2,(H2,28,35)(H,29,34)/t21?,22-/m0/s1. The highest BCUT2D eigenvalue weighted by molar-refractivity contribution is 5.92. The molecule has 4 N–H and O–H groups in total. The molecule has 8 nitrogen and oxygen atoms in total. The number of nitrogens with two attached hydrogens (primary N) is 1. The number of β-amino-alcohol motifs (C(OH)–C–C–N with tert-alkyl or cyclic N) is 1. The maximum atomic E-state index is 12.8. The lowest BCUT2D eigenvalue weighted by molar-refractivity contribution is -0.134. The van der Waals surface area contributed by atoms with E-state index < -0.39 is 11.5 Å². The van der Waals surface area contributed by atoms with Crippen LogP contribution >= 0.6 is 0 Å². The van der Waals surface area contributed by atoms with Crippen molar-refractivity contribution in [2.75, 3.05) is 19.6 Å². The third kappa shape index (κ3) is 5.00. The average molecular weight is 480 g/mol. The van der Waals surface area contributed by atoms with Crippen LogP contribution in [0.15, 0.2) is 30.5 Å². The van der Waals surface area contributed by atoms with E-state index in [1.807, 2.05) is 4.57 Å². The largest absolute Gasteiger partial charge is 0.390 e. The molecule has 0 bridgehead atoms. The molecule has 2 atom stereocenters. The van der Waals surface area contributed by atoms with E-state index in [0.717, 1.165) is 63.9 Å². The molecule has 3 aliphatic rings. The summed E-state index contributed by atoms with van der Waals surface area (Å²) in [6.07, 6.45) is 8.74. The number of carbonyl (C=O) groups is 2. The van der Waals surface area contributed by atoms with Crippen LogP contribution in [0.1, 0.15) is 66.0 Å². The van der Waals surface area contributed by atoms with Gasteiger partial charge in [-0.05, 0) is 42.7 Å². The van der Waals surface area contributed by atoms with E-state index in [-0.39, 0.29) is 24.3 Å². The third-order valence-electron chi connectivity index (χ3n) is 8.42. The smallest absolute Gasteiger partial charge is 0.271 e. The van der Waals surface area contributed by atoms with Gasteiger partial charge in [0.05, 0.1) is 11.5 Å². The summed E-state index contributed by atoms with van der Waals surface area (Å²) in [6.45, 7) is 3.11. The van der Waals surface area contributed by atoms with E-state index in [1.165, 1.54) is 17.5 Å². The molecule has 188 valence electrons. The van der Waals surface area contributed by atoms with Crippen molar-refractivity contribution in [2.24, 2.45) is 17.1 Å². The minimum atomic E-state index is -0.646. The Morgan fingerprint density at radius 1 is 1.17 bits per heavy atom. The lowest BCUT2D eigenvalue weighted by Crippen LogP contribution is -2.47. The van der Waals surface area contributed by atoms with Gasteiger partial charge < -0.3 is 20.7 Å². The van der Waals surface area contributed by atoms with Gasteiger partial charge in [0.25, 0.3) is 5.91 Å². The van der Waals surface area contributed by atoms with Crippen molar-refractivity contribution in [3.8, 4) is 0 Å². The Morgan fingerprint density at radius 3 is 2.71 bits per heavy atom. The second kappa shape index (κ2) is 10.1. The van der Waals surface area contributed by atoms with Crippen LogP contribution < -0.4 is 11.1 Å². The van der Waals surface area contributed by atoms with Gasteiger partial charge >= 0.3 is 0 Å². The lowest BCUT2D eigenvalue weighted by Gasteiger charge is -2.43. The maximum absolute atomic E-state index is 12.8. The second-order valence-corrected chi connectivity index (χ2v) is 10.6. The van der Waals surface area contributed by atoms with E-state index in [4.69, 9.17) is 5.73 Å². The van der Waals surface area contributed by atoms with Gasteiger partial charge in [0, 0.05) is 45.3 Å². The number of nitrogens with one attached hydrogen (secondary N) is 1. The number of aryl methyl sites for hydroxylation is 1. The molecule has 35 heavy (non-hydrogen) atoms. The third-order valence-corrected chi connectivity index (χ3v) is 8.42. The fourth-order valence-corrected chi connectivity index (χ4v) is 6.42. The van der Waals surface area contributed by atoms with Gasteiger partial charge in [-0.2, -0.15) is 0 Å². The molecule has 2 aromatic rings. The number of hydrogen-bond donors (Lipinski definition) is 3. The number of nitrogens with zero attached hydrogens (tertiary/aromatic N) is 3. The molecule has 1 aliphatic carbocycles. The number of aliphatic hydroxyl groups excluding tert-OH is 1. The van der Waals surface area contributed by atoms with E-state index in [1.54, 1.807) is 6.20 Å². The molecule has 2 aliphatic heterocycles. The fourth-order valence-electron chi connectivity index (χ4n) is 6.42. The number of carbonyl (C=O) groups excluding carboxylic acids is 2. The molecule has 5 rings (SSSR count). The van der Waals surface area contributed by atoms with Crippen molar-refractivity contribution in [3.05, 3.63) is 53.1 Å². The number of aliphatic hydroxyl groups is 1. The molecule has 1 aromatic heterocycles. The molecular formula is C27H37N5O3. The zero-order valence-corrected chi connectivity index (χ0v) is 20.4. The zero-order chi connectivity index (χ0) is 24.4. The van der Waals surface area contributed by atoms with Crippen LogP contribution in [0, 0.1) is 11.3 Å². The van der Waals surface area contributed by atoms with Crippen LogP contribution in [-0.2, 0) is 30.7 Å². The van der Waals surface area contributed by atoms with Gasteiger partial charge in [0.1, 0.15) is 11.5 Å². The normalized spacial score (nSPS) is 22.6.